The van der Waals surface area contributed by atoms with E-state index in [0.717, 1.165) is 4.47 Å². The Labute approximate surface area is 184 Å². The van der Waals surface area contributed by atoms with Crippen molar-refractivity contribution in [2.75, 3.05) is 4.90 Å². The van der Waals surface area contributed by atoms with Crippen molar-refractivity contribution in [1.82, 2.24) is 5.32 Å². The van der Waals surface area contributed by atoms with Crippen LogP contribution in [0.25, 0.3) is 6.08 Å². The zero-order chi connectivity index (χ0) is 19.0. The first-order valence-corrected chi connectivity index (χ1v) is 10.2. The van der Waals surface area contributed by atoms with E-state index in [1.54, 1.807) is 36.4 Å². The molecular formula is C17H9Br2IN2O3S. The monoisotopic (exact) mass is 606 g/mol. The fraction of sp³-hybridized carbons (Fsp3) is 0. The van der Waals surface area contributed by atoms with Crippen molar-refractivity contribution < 1.29 is 14.7 Å². The highest BCUT2D eigenvalue weighted by Gasteiger charge is 2.34. The highest BCUT2D eigenvalue weighted by Crippen LogP contribution is 2.32. The Balaban J connectivity index is 2.04. The second-order valence-electron chi connectivity index (χ2n) is 5.27. The number of nitrogens with zero attached hydrogens (tertiary/aromatic N) is 1. The zero-order valence-corrected chi connectivity index (χ0v) is 18.9. The zero-order valence-electron chi connectivity index (χ0n) is 12.8. The lowest BCUT2D eigenvalue weighted by molar-refractivity contribution is -0.122. The van der Waals surface area contributed by atoms with E-state index in [2.05, 4.69) is 37.2 Å². The Morgan fingerprint density at radius 1 is 1.15 bits per heavy atom. The first kappa shape index (κ1) is 19.5. The molecule has 0 radical (unpaired) electrons. The second kappa shape index (κ2) is 7.75. The quantitative estimate of drug-likeness (QED) is 0.231. The second-order valence-corrected chi connectivity index (χ2v) is 8.59. The Bertz CT molecular complexity index is 953. The van der Waals surface area contributed by atoms with E-state index in [1.165, 1.54) is 11.0 Å². The van der Waals surface area contributed by atoms with E-state index in [9.17, 15) is 14.7 Å². The molecule has 0 aromatic heterocycles. The molecule has 1 aliphatic heterocycles. The molecule has 132 valence electrons. The van der Waals surface area contributed by atoms with Crippen molar-refractivity contribution in [2.24, 2.45) is 0 Å². The van der Waals surface area contributed by atoms with E-state index in [4.69, 9.17) is 12.2 Å². The van der Waals surface area contributed by atoms with Gasteiger partial charge in [0.25, 0.3) is 11.8 Å². The van der Waals surface area contributed by atoms with Crippen LogP contribution in [0.3, 0.4) is 0 Å². The molecule has 2 N–H and O–H groups in total. The van der Waals surface area contributed by atoms with E-state index < -0.39 is 11.8 Å². The summed E-state index contributed by atoms with van der Waals surface area (Å²) in [5.41, 5.74) is 1.10. The number of hydrogen-bond acceptors (Lipinski definition) is 4. The fourth-order valence-corrected chi connectivity index (χ4v) is 4.36. The summed E-state index contributed by atoms with van der Waals surface area (Å²) in [6.45, 7) is 0. The molecule has 26 heavy (non-hydrogen) atoms. The average Bonchev–Trinajstić information content (AvgIpc) is 2.58. The standard InChI is InChI=1S/C17H9Br2IN2O3S/c18-9-1-3-10(4-2-9)22-16(25)11(15(24)21-17(22)26)5-8-6-12(19)14(23)13(20)7-8/h1-7,23H,(H,21,24,26)/b11-5+. The summed E-state index contributed by atoms with van der Waals surface area (Å²) >= 11 is 13.7. The van der Waals surface area contributed by atoms with Gasteiger partial charge in [-0.1, -0.05) is 15.9 Å². The van der Waals surface area contributed by atoms with E-state index in [-0.39, 0.29) is 16.4 Å². The number of nitrogens with one attached hydrogen (secondary N) is 1. The molecule has 0 atom stereocenters. The van der Waals surface area contributed by atoms with Crippen molar-refractivity contribution in [1.29, 1.82) is 0 Å². The molecule has 1 fully saturated rings. The minimum Gasteiger partial charge on any atom is -0.506 e. The number of anilines is 1. The van der Waals surface area contributed by atoms with Gasteiger partial charge in [0.15, 0.2) is 5.11 Å². The summed E-state index contributed by atoms with van der Waals surface area (Å²) in [6.07, 6.45) is 1.47. The first-order chi connectivity index (χ1) is 12.3. The third-order valence-electron chi connectivity index (χ3n) is 3.54. The largest absolute Gasteiger partial charge is 0.506 e. The van der Waals surface area contributed by atoms with Gasteiger partial charge in [0.2, 0.25) is 0 Å². The molecule has 1 heterocycles. The Morgan fingerprint density at radius 2 is 1.81 bits per heavy atom. The molecule has 0 saturated carbocycles. The maximum Gasteiger partial charge on any atom is 0.270 e. The smallest absolute Gasteiger partial charge is 0.270 e. The lowest BCUT2D eigenvalue weighted by Crippen LogP contribution is -2.54. The minimum atomic E-state index is -0.562. The van der Waals surface area contributed by atoms with Gasteiger partial charge in [-0.25, -0.2) is 0 Å². The fourth-order valence-electron chi connectivity index (χ4n) is 2.32. The number of aromatic hydroxyl groups is 1. The molecule has 5 nitrogen and oxygen atoms in total. The lowest BCUT2D eigenvalue weighted by atomic mass is 10.1. The summed E-state index contributed by atoms with van der Waals surface area (Å²) in [5, 5.41) is 12.4. The summed E-state index contributed by atoms with van der Waals surface area (Å²) in [4.78, 5) is 26.5. The maximum atomic E-state index is 12.9. The molecule has 2 aromatic carbocycles. The van der Waals surface area contributed by atoms with Gasteiger partial charge < -0.3 is 5.11 Å². The number of carbonyl (C=O) groups excluding carboxylic acids is 2. The molecule has 2 aromatic rings. The molecule has 0 unspecified atom stereocenters. The van der Waals surface area contributed by atoms with Crippen molar-refractivity contribution in [3.63, 3.8) is 0 Å². The van der Waals surface area contributed by atoms with Gasteiger partial charge in [-0.3, -0.25) is 19.8 Å². The number of phenolic OH excluding ortho intramolecular Hbond substituents is 1. The van der Waals surface area contributed by atoms with E-state index >= 15 is 0 Å². The lowest BCUT2D eigenvalue weighted by Gasteiger charge is -2.29. The van der Waals surface area contributed by atoms with Gasteiger partial charge in [-0.2, -0.15) is 0 Å². The molecule has 0 bridgehead atoms. The number of phenols is 1. The van der Waals surface area contributed by atoms with Crippen LogP contribution in [0, 0.1) is 3.57 Å². The highest BCUT2D eigenvalue weighted by molar-refractivity contribution is 14.1. The molecule has 0 spiro atoms. The van der Waals surface area contributed by atoms with Gasteiger partial charge in [-0.15, -0.1) is 0 Å². The van der Waals surface area contributed by atoms with Crippen LogP contribution in [0.2, 0.25) is 0 Å². The number of thiocarbonyl (C=S) groups is 1. The first-order valence-electron chi connectivity index (χ1n) is 7.13. The van der Waals surface area contributed by atoms with Gasteiger partial charge in [0.05, 0.1) is 13.7 Å². The third-order valence-corrected chi connectivity index (χ3v) is 5.78. The number of benzene rings is 2. The van der Waals surface area contributed by atoms with Crippen LogP contribution >= 0.6 is 66.7 Å². The maximum absolute atomic E-state index is 12.9. The normalized spacial score (nSPS) is 16.2. The van der Waals surface area contributed by atoms with Gasteiger partial charge in [-0.05, 0) is 98.8 Å². The van der Waals surface area contributed by atoms with Crippen LogP contribution in [0.1, 0.15) is 5.56 Å². The van der Waals surface area contributed by atoms with Crippen LogP contribution in [-0.4, -0.2) is 22.0 Å². The SMILES string of the molecule is O=C1NC(=S)N(c2ccc(Br)cc2)C(=O)/C1=C/c1cc(Br)c(O)c(I)c1. The summed E-state index contributed by atoms with van der Waals surface area (Å²) < 4.78 is 1.92. The molecule has 2 amide bonds. The van der Waals surface area contributed by atoms with Gasteiger partial charge in [0.1, 0.15) is 11.3 Å². The Kier molecular flexibility index (Phi) is 5.80. The Hall–Kier alpha value is -1.30. The van der Waals surface area contributed by atoms with E-state index in [0.29, 0.717) is 19.3 Å². The predicted octanol–water partition coefficient (Wildman–Crippen LogP) is 4.35. The Morgan fingerprint density at radius 3 is 2.42 bits per heavy atom. The molecule has 3 rings (SSSR count). The molecule has 1 saturated heterocycles. The summed E-state index contributed by atoms with van der Waals surface area (Å²) in [7, 11) is 0. The summed E-state index contributed by atoms with van der Waals surface area (Å²) in [6, 6.07) is 10.3. The van der Waals surface area contributed by atoms with E-state index in [1.807, 2.05) is 22.6 Å². The van der Waals surface area contributed by atoms with Crippen LogP contribution in [0.15, 0.2) is 50.9 Å². The topological polar surface area (TPSA) is 69.6 Å². The minimum absolute atomic E-state index is 0.0286. The van der Waals surface area contributed by atoms with Crippen molar-refractivity contribution >= 4 is 95.4 Å². The molecule has 0 aliphatic carbocycles. The van der Waals surface area contributed by atoms with Gasteiger partial charge >= 0.3 is 0 Å². The van der Waals surface area contributed by atoms with Crippen LogP contribution < -0.4 is 10.2 Å². The highest BCUT2D eigenvalue weighted by atomic mass is 127. The van der Waals surface area contributed by atoms with Crippen molar-refractivity contribution in [3.05, 3.63) is 60.1 Å². The number of carbonyl (C=O) groups is 2. The number of hydrogen-bond donors (Lipinski definition) is 2. The summed E-state index contributed by atoms with van der Waals surface area (Å²) in [5.74, 6) is -0.974. The molecule has 1 aliphatic rings. The number of rotatable bonds is 2. The third kappa shape index (κ3) is 3.85. The van der Waals surface area contributed by atoms with Crippen molar-refractivity contribution in [3.8, 4) is 5.75 Å². The van der Waals surface area contributed by atoms with Crippen molar-refractivity contribution in [2.45, 2.75) is 0 Å². The predicted molar refractivity (Wildman–Crippen MR) is 119 cm³/mol. The van der Waals surface area contributed by atoms with Gasteiger partial charge in [0, 0.05) is 4.47 Å². The number of halogens is 3. The molecule has 9 heteroatoms. The van der Waals surface area contributed by atoms with Crippen LogP contribution in [-0.2, 0) is 9.59 Å². The number of amides is 2. The van der Waals surface area contributed by atoms with Crippen LogP contribution in [0.5, 0.6) is 5.75 Å². The van der Waals surface area contributed by atoms with Crippen LogP contribution in [0.4, 0.5) is 5.69 Å². The molecular weight excluding hydrogens is 599 g/mol. The average molecular weight is 608 g/mol.